The number of nitrogens with zero attached hydrogens (tertiary/aromatic N) is 1. The second kappa shape index (κ2) is 5.33. The minimum atomic E-state index is -0.502. The number of aliphatic hydroxyl groups excluding tert-OH is 1. The first-order chi connectivity index (χ1) is 8.60. The fourth-order valence-corrected chi connectivity index (χ4v) is 1.61. The van der Waals surface area contributed by atoms with Crippen LogP contribution in [0.2, 0.25) is 5.02 Å². The van der Waals surface area contributed by atoms with Gasteiger partial charge in [-0.25, -0.2) is 4.39 Å². The Morgan fingerprint density at radius 3 is 2.83 bits per heavy atom. The van der Waals surface area contributed by atoms with Gasteiger partial charge in [-0.2, -0.15) is 0 Å². The number of hydrogen-bond donors (Lipinski definition) is 1. The van der Waals surface area contributed by atoms with Crippen LogP contribution >= 0.6 is 11.6 Å². The average molecular weight is 268 g/mol. The monoisotopic (exact) mass is 267 g/mol. The zero-order chi connectivity index (χ0) is 13.1. The molecular formula is C13H11ClFNO2. The number of aryl methyl sites for hydroxylation is 1. The maximum absolute atomic E-state index is 13.0. The van der Waals surface area contributed by atoms with Crippen molar-refractivity contribution in [2.45, 2.75) is 13.5 Å². The molecule has 0 aliphatic heterocycles. The molecule has 0 amide bonds. The molecule has 0 atom stereocenters. The standard InChI is InChI=1S/C13H11ClFNO2/c1-8-4-13(9(7-17)6-16-8)18-10-2-3-12(15)11(14)5-10/h2-6,17H,7H2,1H3. The van der Waals surface area contributed by atoms with E-state index < -0.39 is 5.82 Å². The lowest BCUT2D eigenvalue weighted by Gasteiger charge is -2.10. The van der Waals surface area contributed by atoms with Gasteiger partial charge in [-0.15, -0.1) is 0 Å². The smallest absolute Gasteiger partial charge is 0.142 e. The van der Waals surface area contributed by atoms with Gasteiger partial charge < -0.3 is 9.84 Å². The summed E-state index contributed by atoms with van der Waals surface area (Å²) in [4.78, 5) is 4.06. The minimum Gasteiger partial charge on any atom is -0.457 e. The highest BCUT2D eigenvalue weighted by atomic mass is 35.5. The molecule has 0 spiro atoms. The van der Waals surface area contributed by atoms with Crippen molar-refractivity contribution in [1.82, 2.24) is 4.98 Å². The van der Waals surface area contributed by atoms with Gasteiger partial charge >= 0.3 is 0 Å². The Hall–Kier alpha value is -1.65. The molecule has 0 aliphatic rings. The van der Waals surface area contributed by atoms with E-state index in [0.29, 0.717) is 17.1 Å². The van der Waals surface area contributed by atoms with Crippen LogP contribution in [0.4, 0.5) is 4.39 Å². The number of ether oxygens (including phenoxy) is 1. The molecule has 5 heteroatoms. The van der Waals surface area contributed by atoms with Gasteiger partial charge in [-0.3, -0.25) is 4.98 Å². The maximum Gasteiger partial charge on any atom is 0.142 e. The summed E-state index contributed by atoms with van der Waals surface area (Å²) < 4.78 is 18.6. The SMILES string of the molecule is Cc1cc(Oc2ccc(F)c(Cl)c2)c(CO)cn1. The zero-order valence-corrected chi connectivity index (χ0v) is 10.4. The Morgan fingerprint density at radius 2 is 2.17 bits per heavy atom. The summed E-state index contributed by atoms with van der Waals surface area (Å²) in [5, 5.41) is 9.17. The quantitative estimate of drug-likeness (QED) is 0.926. The molecule has 94 valence electrons. The first kappa shape index (κ1) is 12.8. The van der Waals surface area contributed by atoms with Gasteiger partial charge in [-0.05, 0) is 19.1 Å². The van der Waals surface area contributed by atoms with Crippen LogP contribution in [0.5, 0.6) is 11.5 Å². The number of hydrogen-bond acceptors (Lipinski definition) is 3. The van der Waals surface area contributed by atoms with Crippen LogP contribution in [0.3, 0.4) is 0 Å². The highest BCUT2D eigenvalue weighted by Gasteiger charge is 2.07. The van der Waals surface area contributed by atoms with Gasteiger partial charge in [0.05, 0.1) is 11.6 Å². The lowest BCUT2D eigenvalue weighted by atomic mass is 10.2. The molecular weight excluding hydrogens is 257 g/mol. The van der Waals surface area contributed by atoms with E-state index in [1.165, 1.54) is 24.4 Å². The van der Waals surface area contributed by atoms with Crippen LogP contribution in [-0.4, -0.2) is 10.1 Å². The molecule has 0 fully saturated rings. The minimum absolute atomic E-state index is 0.0103. The number of aromatic nitrogens is 1. The predicted octanol–water partition coefficient (Wildman–Crippen LogP) is 3.47. The largest absolute Gasteiger partial charge is 0.457 e. The van der Waals surface area contributed by atoms with Gasteiger partial charge in [0.1, 0.15) is 17.3 Å². The number of benzene rings is 1. The molecule has 0 unspecified atom stereocenters. The average Bonchev–Trinajstić information content (AvgIpc) is 2.34. The molecule has 0 aliphatic carbocycles. The topological polar surface area (TPSA) is 42.4 Å². The van der Waals surface area contributed by atoms with Crippen molar-refractivity contribution in [3.8, 4) is 11.5 Å². The van der Waals surface area contributed by atoms with E-state index in [0.717, 1.165) is 5.69 Å². The summed E-state index contributed by atoms with van der Waals surface area (Å²) in [7, 11) is 0. The molecule has 1 aromatic heterocycles. The van der Waals surface area contributed by atoms with Crippen molar-refractivity contribution >= 4 is 11.6 Å². The zero-order valence-electron chi connectivity index (χ0n) is 9.65. The van der Waals surface area contributed by atoms with Gasteiger partial charge in [0.25, 0.3) is 0 Å². The molecule has 18 heavy (non-hydrogen) atoms. The van der Waals surface area contributed by atoms with Crippen molar-refractivity contribution in [2.75, 3.05) is 0 Å². The molecule has 3 nitrogen and oxygen atoms in total. The molecule has 0 saturated carbocycles. The van der Waals surface area contributed by atoms with E-state index in [2.05, 4.69) is 4.98 Å². The first-order valence-electron chi connectivity index (χ1n) is 5.29. The summed E-state index contributed by atoms with van der Waals surface area (Å²) in [5.41, 5.74) is 1.32. The Bertz CT molecular complexity index is 575. The highest BCUT2D eigenvalue weighted by Crippen LogP contribution is 2.28. The lowest BCUT2D eigenvalue weighted by Crippen LogP contribution is -1.95. The summed E-state index contributed by atoms with van der Waals surface area (Å²) >= 11 is 5.67. The second-order valence-electron chi connectivity index (χ2n) is 3.77. The van der Waals surface area contributed by atoms with E-state index in [4.69, 9.17) is 16.3 Å². The number of rotatable bonds is 3. The lowest BCUT2D eigenvalue weighted by molar-refractivity contribution is 0.276. The van der Waals surface area contributed by atoms with Gasteiger partial charge in [-0.1, -0.05) is 11.6 Å². The number of aliphatic hydroxyl groups is 1. The van der Waals surface area contributed by atoms with Crippen molar-refractivity contribution in [3.63, 3.8) is 0 Å². The summed E-state index contributed by atoms with van der Waals surface area (Å²) in [6.07, 6.45) is 1.54. The van der Waals surface area contributed by atoms with E-state index in [1.807, 2.05) is 6.92 Å². The van der Waals surface area contributed by atoms with Crippen LogP contribution in [0, 0.1) is 12.7 Å². The Labute approximate surface area is 109 Å². The molecule has 0 radical (unpaired) electrons. The van der Waals surface area contributed by atoms with E-state index >= 15 is 0 Å². The van der Waals surface area contributed by atoms with Gasteiger partial charge in [0.15, 0.2) is 0 Å². The Balaban J connectivity index is 2.33. The van der Waals surface area contributed by atoms with Crippen LogP contribution in [0.15, 0.2) is 30.5 Å². The molecule has 2 aromatic rings. The highest BCUT2D eigenvalue weighted by molar-refractivity contribution is 6.30. The molecule has 0 saturated heterocycles. The fraction of sp³-hybridized carbons (Fsp3) is 0.154. The molecule has 1 N–H and O–H groups in total. The second-order valence-corrected chi connectivity index (χ2v) is 4.18. The summed E-state index contributed by atoms with van der Waals surface area (Å²) in [5.74, 6) is 0.381. The van der Waals surface area contributed by atoms with Crippen LogP contribution < -0.4 is 4.74 Å². The van der Waals surface area contributed by atoms with Crippen molar-refractivity contribution in [2.24, 2.45) is 0 Å². The first-order valence-corrected chi connectivity index (χ1v) is 5.67. The van der Waals surface area contributed by atoms with Crippen molar-refractivity contribution in [3.05, 3.63) is 52.6 Å². The van der Waals surface area contributed by atoms with Crippen LogP contribution in [0.1, 0.15) is 11.3 Å². The number of pyridine rings is 1. The van der Waals surface area contributed by atoms with Crippen LogP contribution in [-0.2, 0) is 6.61 Å². The maximum atomic E-state index is 13.0. The van der Waals surface area contributed by atoms with E-state index in [9.17, 15) is 9.50 Å². The molecule has 2 rings (SSSR count). The Kier molecular flexibility index (Phi) is 3.79. The summed E-state index contributed by atoms with van der Waals surface area (Å²) in [6, 6.07) is 5.78. The third-order valence-electron chi connectivity index (χ3n) is 2.37. The predicted molar refractivity (Wildman–Crippen MR) is 66.4 cm³/mol. The van der Waals surface area contributed by atoms with E-state index in [1.54, 1.807) is 6.07 Å². The molecule has 0 bridgehead atoms. The third kappa shape index (κ3) is 2.78. The van der Waals surface area contributed by atoms with Gasteiger partial charge in [0, 0.05) is 29.6 Å². The van der Waals surface area contributed by atoms with E-state index in [-0.39, 0.29) is 11.6 Å². The van der Waals surface area contributed by atoms with Gasteiger partial charge in [0.2, 0.25) is 0 Å². The Morgan fingerprint density at radius 1 is 1.39 bits per heavy atom. The van der Waals surface area contributed by atoms with Crippen molar-refractivity contribution < 1.29 is 14.2 Å². The molecule has 1 heterocycles. The fourth-order valence-electron chi connectivity index (χ4n) is 1.44. The third-order valence-corrected chi connectivity index (χ3v) is 2.66. The number of halogens is 2. The molecule has 1 aromatic carbocycles. The van der Waals surface area contributed by atoms with Crippen LogP contribution in [0.25, 0.3) is 0 Å². The van der Waals surface area contributed by atoms with Crippen molar-refractivity contribution in [1.29, 1.82) is 0 Å². The normalized spacial score (nSPS) is 10.4. The summed E-state index contributed by atoms with van der Waals surface area (Å²) in [6.45, 7) is 1.63.